The van der Waals surface area contributed by atoms with Gasteiger partial charge in [0.25, 0.3) is 0 Å². The average molecular weight is 242 g/mol. The molecule has 1 fully saturated rings. The molecule has 0 aromatic carbocycles. The van der Waals surface area contributed by atoms with E-state index in [2.05, 4.69) is 38.3 Å². The maximum absolute atomic E-state index is 4.40. The first kappa shape index (κ1) is 11.4. The molecular formula is C14H18N4. The molecule has 1 atom stereocenters. The van der Waals surface area contributed by atoms with Crippen molar-refractivity contribution in [2.24, 2.45) is 0 Å². The van der Waals surface area contributed by atoms with Crippen molar-refractivity contribution in [3.8, 4) is 0 Å². The van der Waals surface area contributed by atoms with Gasteiger partial charge in [-0.1, -0.05) is 6.07 Å². The Morgan fingerprint density at radius 1 is 1.28 bits per heavy atom. The van der Waals surface area contributed by atoms with Crippen molar-refractivity contribution in [3.63, 3.8) is 0 Å². The molecule has 1 saturated heterocycles. The third-order valence-corrected chi connectivity index (χ3v) is 3.58. The minimum Gasteiger partial charge on any atom is -0.297 e. The monoisotopic (exact) mass is 242 g/mol. The van der Waals surface area contributed by atoms with E-state index in [9.17, 15) is 0 Å². The largest absolute Gasteiger partial charge is 0.297 e. The lowest BCUT2D eigenvalue weighted by Crippen LogP contribution is -2.34. The third kappa shape index (κ3) is 2.59. The molecule has 3 rings (SSSR count). The van der Waals surface area contributed by atoms with E-state index in [-0.39, 0.29) is 0 Å². The van der Waals surface area contributed by atoms with Crippen LogP contribution in [0.1, 0.15) is 30.1 Å². The quantitative estimate of drug-likeness (QED) is 0.897. The number of likely N-dealkylation sites (tertiary alicyclic amines) is 1. The van der Waals surface area contributed by atoms with Gasteiger partial charge in [-0.15, -0.1) is 0 Å². The van der Waals surface area contributed by atoms with Crippen LogP contribution in [0.2, 0.25) is 0 Å². The van der Waals surface area contributed by atoms with Crippen LogP contribution in [0.3, 0.4) is 0 Å². The minimum absolute atomic E-state index is 0.588. The lowest BCUT2D eigenvalue weighted by Gasteiger charge is -2.31. The highest BCUT2D eigenvalue weighted by Crippen LogP contribution is 2.25. The summed E-state index contributed by atoms with van der Waals surface area (Å²) in [4.78, 5) is 6.88. The molecule has 2 aromatic heterocycles. The SMILES string of the molecule is c1ccc(CN2CCC[C@H](c3ccn[nH]3)C2)nc1. The van der Waals surface area contributed by atoms with Gasteiger partial charge in [0.2, 0.25) is 0 Å². The van der Waals surface area contributed by atoms with Crippen molar-refractivity contribution >= 4 is 0 Å². The summed E-state index contributed by atoms with van der Waals surface area (Å²) in [5.74, 6) is 0.588. The van der Waals surface area contributed by atoms with E-state index in [0.717, 1.165) is 18.8 Å². The zero-order valence-electron chi connectivity index (χ0n) is 10.4. The molecule has 2 aromatic rings. The van der Waals surface area contributed by atoms with Crippen molar-refractivity contribution in [3.05, 3.63) is 48.0 Å². The summed E-state index contributed by atoms with van der Waals surface area (Å²) in [5, 5.41) is 7.15. The van der Waals surface area contributed by atoms with Gasteiger partial charge in [0.15, 0.2) is 0 Å². The maximum atomic E-state index is 4.40. The molecule has 0 bridgehead atoms. The highest BCUT2D eigenvalue weighted by molar-refractivity contribution is 5.09. The molecular weight excluding hydrogens is 224 g/mol. The van der Waals surface area contributed by atoms with E-state index in [1.807, 2.05) is 18.5 Å². The van der Waals surface area contributed by atoms with Crippen LogP contribution >= 0.6 is 0 Å². The Morgan fingerprint density at radius 2 is 2.28 bits per heavy atom. The van der Waals surface area contributed by atoms with Gasteiger partial charge in [-0.25, -0.2) is 0 Å². The number of aromatic amines is 1. The summed E-state index contributed by atoms with van der Waals surface area (Å²) in [7, 11) is 0. The van der Waals surface area contributed by atoms with Crippen LogP contribution in [0.5, 0.6) is 0 Å². The smallest absolute Gasteiger partial charge is 0.0543 e. The number of H-pyrrole nitrogens is 1. The molecule has 1 aliphatic rings. The second-order valence-electron chi connectivity index (χ2n) is 4.91. The van der Waals surface area contributed by atoms with Gasteiger partial charge < -0.3 is 0 Å². The molecule has 1 aliphatic heterocycles. The summed E-state index contributed by atoms with van der Waals surface area (Å²) in [6.45, 7) is 3.21. The fourth-order valence-corrected chi connectivity index (χ4v) is 2.67. The van der Waals surface area contributed by atoms with E-state index < -0.39 is 0 Å². The normalized spacial score (nSPS) is 21.0. The second kappa shape index (κ2) is 5.31. The Morgan fingerprint density at radius 3 is 3.06 bits per heavy atom. The van der Waals surface area contributed by atoms with Gasteiger partial charge in [0.1, 0.15) is 0 Å². The predicted octanol–water partition coefficient (Wildman–Crippen LogP) is 2.18. The first-order valence-electron chi connectivity index (χ1n) is 6.53. The van der Waals surface area contributed by atoms with Crippen molar-refractivity contribution in [2.45, 2.75) is 25.3 Å². The molecule has 0 spiro atoms. The van der Waals surface area contributed by atoms with Crippen molar-refractivity contribution in [2.75, 3.05) is 13.1 Å². The molecule has 18 heavy (non-hydrogen) atoms. The Labute approximate surface area is 107 Å². The van der Waals surface area contributed by atoms with Gasteiger partial charge >= 0.3 is 0 Å². The molecule has 0 amide bonds. The number of nitrogens with one attached hydrogen (secondary N) is 1. The van der Waals surface area contributed by atoms with E-state index >= 15 is 0 Å². The van der Waals surface area contributed by atoms with Crippen LogP contribution in [-0.4, -0.2) is 33.2 Å². The third-order valence-electron chi connectivity index (χ3n) is 3.58. The molecule has 4 nitrogen and oxygen atoms in total. The molecule has 0 saturated carbocycles. The maximum Gasteiger partial charge on any atom is 0.0543 e. The molecule has 94 valence electrons. The number of nitrogens with zero attached hydrogens (tertiary/aromatic N) is 3. The minimum atomic E-state index is 0.588. The number of aromatic nitrogens is 3. The van der Waals surface area contributed by atoms with Gasteiger partial charge in [0, 0.05) is 37.1 Å². The van der Waals surface area contributed by atoms with Crippen molar-refractivity contribution < 1.29 is 0 Å². The van der Waals surface area contributed by atoms with Crippen LogP contribution in [0.4, 0.5) is 0 Å². The number of rotatable bonds is 3. The number of hydrogen-bond donors (Lipinski definition) is 1. The molecule has 0 unspecified atom stereocenters. The number of pyridine rings is 1. The van der Waals surface area contributed by atoms with Crippen LogP contribution in [0, 0.1) is 0 Å². The lowest BCUT2D eigenvalue weighted by atomic mass is 9.95. The number of hydrogen-bond acceptors (Lipinski definition) is 3. The zero-order chi connectivity index (χ0) is 12.2. The standard InChI is InChI=1S/C14H18N4/c1-2-7-15-13(5-1)11-18-9-3-4-12(10-18)14-6-8-16-17-14/h1-2,5-8,12H,3-4,9-11H2,(H,16,17)/t12-/m0/s1. The second-order valence-corrected chi connectivity index (χ2v) is 4.91. The van der Waals surface area contributed by atoms with Crippen LogP contribution in [0.15, 0.2) is 36.7 Å². The van der Waals surface area contributed by atoms with E-state index in [4.69, 9.17) is 0 Å². The topological polar surface area (TPSA) is 44.8 Å². The fourth-order valence-electron chi connectivity index (χ4n) is 2.67. The number of piperidine rings is 1. The zero-order valence-corrected chi connectivity index (χ0v) is 10.4. The van der Waals surface area contributed by atoms with Gasteiger partial charge in [0.05, 0.1) is 5.69 Å². The average Bonchev–Trinajstić information content (AvgIpc) is 2.94. The lowest BCUT2D eigenvalue weighted by molar-refractivity contribution is 0.196. The Kier molecular flexibility index (Phi) is 3.37. The van der Waals surface area contributed by atoms with Crippen LogP contribution < -0.4 is 0 Å². The first-order valence-corrected chi connectivity index (χ1v) is 6.53. The summed E-state index contributed by atoms with van der Waals surface area (Å²) in [5.41, 5.74) is 2.42. The summed E-state index contributed by atoms with van der Waals surface area (Å²) >= 11 is 0. The van der Waals surface area contributed by atoms with E-state index in [0.29, 0.717) is 5.92 Å². The summed E-state index contributed by atoms with van der Waals surface area (Å²) in [6.07, 6.45) is 6.20. The molecule has 3 heterocycles. The Bertz CT molecular complexity index is 466. The van der Waals surface area contributed by atoms with Gasteiger partial charge in [-0.05, 0) is 37.6 Å². The highest BCUT2D eigenvalue weighted by Gasteiger charge is 2.22. The molecule has 0 aliphatic carbocycles. The van der Waals surface area contributed by atoms with E-state index in [1.54, 1.807) is 0 Å². The van der Waals surface area contributed by atoms with E-state index in [1.165, 1.54) is 25.1 Å². The Hall–Kier alpha value is -1.68. The fraction of sp³-hybridized carbons (Fsp3) is 0.429. The molecule has 0 radical (unpaired) electrons. The first-order chi connectivity index (χ1) is 8.92. The van der Waals surface area contributed by atoms with Gasteiger partial charge in [-0.3, -0.25) is 15.0 Å². The molecule has 4 heteroatoms. The summed E-state index contributed by atoms with van der Waals surface area (Å²) in [6, 6.07) is 8.21. The van der Waals surface area contributed by atoms with Crippen molar-refractivity contribution in [1.29, 1.82) is 0 Å². The Balaban J connectivity index is 1.64. The summed E-state index contributed by atoms with van der Waals surface area (Å²) < 4.78 is 0. The van der Waals surface area contributed by atoms with Gasteiger partial charge in [-0.2, -0.15) is 5.10 Å². The highest BCUT2D eigenvalue weighted by atomic mass is 15.2. The van der Waals surface area contributed by atoms with Crippen molar-refractivity contribution in [1.82, 2.24) is 20.1 Å². The van der Waals surface area contributed by atoms with Crippen LogP contribution in [-0.2, 0) is 6.54 Å². The van der Waals surface area contributed by atoms with Crippen LogP contribution in [0.25, 0.3) is 0 Å². The molecule has 1 N–H and O–H groups in total. The predicted molar refractivity (Wildman–Crippen MR) is 70.1 cm³/mol.